The number of aromatic nitrogens is 1. The average molecular weight is 162 g/mol. The highest BCUT2D eigenvalue weighted by Gasteiger charge is 1.88. The van der Waals surface area contributed by atoms with E-state index in [0.29, 0.717) is 12.4 Å². The number of ether oxygens (including phenoxy) is 1. The van der Waals surface area contributed by atoms with E-state index in [1.807, 2.05) is 25.1 Å². The molecule has 0 spiro atoms. The van der Waals surface area contributed by atoms with Crippen LogP contribution in [0.5, 0.6) is 0 Å². The van der Waals surface area contributed by atoms with E-state index >= 15 is 0 Å². The van der Waals surface area contributed by atoms with Gasteiger partial charge in [-0.25, -0.2) is 0 Å². The summed E-state index contributed by atoms with van der Waals surface area (Å²) in [6.07, 6.45) is 5.36. The Morgan fingerprint density at radius 3 is 2.83 bits per heavy atom. The first-order chi connectivity index (χ1) is 5.83. The summed E-state index contributed by atoms with van der Waals surface area (Å²) in [6.45, 7) is 6.33. The van der Waals surface area contributed by atoms with Crippen LogP contribution < -0.4 is 0 Å². The molecule has 0 saturated carbocycles. The van der Waals surface area contributed by atoms with Gasteiger partial charge in [0.1, 0.15) is 0 Å². The molecule has 0 aromatic carbocycles. The molecule has 1 radical (unpaired) electrons. The summed E-state index contributed by atoms with van der Waals surface area (Å²) in [5.41, 5.74) is 1.06. The first kappa shape index (κ1) is 8.78. The third-order valence-corrected chi connectivity index (χ3v) is 1.36. The first-order valence-electron chi connectivity index (χ1n) is 3.89. The Morgan fingerprint density at radius 2 is 2.25 bits per heavy atom. The Hall–Kier alpha value is -1.31. The third-order valence-electron chi connectivity index (χ3n) is 1.36. The second-order valence-electron chi connectivity index (χ2n) is 2.32. The van der Waals surface area contributed by atoms with Crippen molar-refractivity contribution in [2.45, 2.75) is 6.92 Å². The van der Waals surface area contributed by atoms with E-state index in [0.717, 1.165) is 5.56 Å². The molecular formula is C10H12NO. The predicted molar refractivity (Wildman–Crippen MR) is 49.2 cm³/mol. The molecule has 12 heavy (non-hydrogen) atoms. The molecule has 1 heterocycles. The van der Waals surface area contributed by atoms with Gasteiger partial charge < -0.3 is 4.74 Å². The van der Waals surface area contributed by atoms with Gasteiger partial charge in [-0.1, -0.05) is 0 Å². The molecule has 0 aliphatic heterocycles. The topological polar surface area (TPSA) is 22.1 Å². The van der Waals surface area contributed by atoms with Crippen LogP contribution in [-0.4, -0.2) is 11.6 Å². The monoisotopic (exact) mass is 162 g/mol. The number of hydrogen-bond donors (Lipinski definition) is 0. The summed E-state index contributed by atoms with van der Waals surface area (Å²) >= 11 is 0. The van der Waals surface area contributed by atoms with Crippen molar-refractivity contribution in [3.05, 3.63) is 42.8 Å². The number of nitrogens with zero attached hydrogens (tertiary/aromatic N) is 1. The highest BCUT2D eigenvalue weighted by Crippen LogP contribution is 2.04. The van der Waals surface area contributed by atoms with Crippen molar-refractivity contribution in [3.8, 4) is 0 Å². The maximum Gasteiger partial charge on any atom is 0.0970 e. The van der Waals surface area contributed by atoms with Crippen LogP contribution in [0.15, 0.2) is 30.3 Å². The summed E-state index contributed by atoms with van der Waals surface area (Å²) in [6, 6.07) is 3.81. The van der Waals surface area contributed by atoms with Crippen molar-refractivity contribution in [2.75, 3.05) is 6.61 Å². The van der Waals surface area contributed by atoms with Gasteiger partial charge in [-0.3, -0.25) is 4.98 Å². The smallest absolute Gasteiger partial charge is 0.0970 e. The van der Waals surface area contributed by atoms with E-state index in [2.05, 4.69) is 11.9 Å². The van der Waals surface area contributed by atoms with Crippen LogP contribution in [0.2, 0.25) is 0 Å². The fourth-order valence-corrected chi connectivity index (χ4v) is 0.873. The molecule has 1 aromatic rings. The van der Waals surface area contributed by atoms with Crippen LogP contribution >= 0.6 is 0 Å². The summed E-state index contributed by atoms with van der Waals surface area (Å²) in [5, 5.41) is 0. The molecule has 0 atom stereocenters. The van der Waals surface area contributed by atoms with Crippen LogP contribution in [0, 0.1) is 6.92 Å². The second kappa shape index (κ2) is 4.54. The first-order valence-corrected chi connectivity index (χ1v) is 3.89. The number of allylic oxidation sites excluding steroid dienone is 1. The zero-order chi connectivity index (χ0) is 8.81. The van der Waals surface area contributed by atoms with Crippen molar-refractivity contribution in [1.29, 1.82) is 0 Å². The Kier molecular flexibility index (Phi) is 3.33. The normalized spacial score (nSPS) is 11.3. The minimum Gasteiger partial charge on any atom is -0.498 e. The van der Waals surface area contributed by atoms with Crippen LogP contribution in [0.4, 0.5) is 0 Å². The molecule has 0 saturated heterocycles. The minimum absolute atomic E-state index is 0.653. The van der Waals surface area contributed by atoms with Crippen molar-refractivity contribution < 1.29 is 4.74 Å². The van der Waals surface area contributed by atoms with E-state index in [1.54, 1.807) is 12.4 Å². The quantitative estimate of drug-likeness (QED) is 0.636. The van der Waals surface area contributed by atoms with E-state index in [4.69, 9.17) is 4.74 Å². The largest absolute Gasteiger partial charge is 0.498 e. The van der Waals surface area contributed by atoms with E-state index in [1.165, 1.54) is 0 Å². The van der Waals surface area contributed by atoms with Gasteiger partial charge in [0.2, 0.25) is 0 Å². The minimum atomic E-state index is 0.653. The molecule has 0 unspecified atom stereocenters. The Bertz CT molecular complexity index is 254. The molecule has 2 heteroatoms. The van der Waals surface area contributed by atoms with Crippen molar-refractivity contribution in [2.24, 2.45) is 0 Å². The molecule has 2 nitrogen and oxygen atoms in total. The molecule has 0 amide bonds. The molecule has 63 valence electrons. The highest BCUT2D eigenvalue weighted by atomic mass is 16.5. The molecule has 0 bridgehead atoms. The Balaban J connectivity index is 2.67. The summed E-state index contributed by atoms with van der Waals surface area (Å²) in [5.74, 6) is 0.684. The average Bonchev–Trinajstić information content (AvgIpc) is 2.06. The van der Waals surface area contributed by atoms with Crippen LogP contribution in [-0.2, 0) is 4.74 Å². The zero-order valence-corrected chi connectivity index (χ0v) is 7.16. The lowest BCUT2D eigenvalue weighted by atomic mass is 10.2. The van der Waals surface area contributed by atoms with Gasteiger partial charge >= 0.3 is 0 Å². The molecule has 0 fully saturated rings. The zero-order valence-electron chi connectivity index (χ0n) is 7.16. The molecular weight excluding hydrogens is 150 g/mol. The molecule has 1 aromatic heterocycles. The predicted octanol–water partition coefficient (Wildman–Crippen LogP) is 2.29. The Morgan fingerprint density at radius 1 is 1.58 bits per heavy atom. The van der Waals surface area contributed by atoms with Crippen molar-refractivity contribution >= 4 is 6.08 Å². The van der Waals surface area contributed by atoms with Gasteiger partial charge in [0.25, 0.3) is 0 Å². The standard InChI is InChI=1S/C10H12NO/c1-3-12-9(2)8-10-4-6-11-7-5-10/h4-8H,2-3H2,1H3. The van der Waals surface area contributed by atoms with Crippen LogP contribution in [0.3, 0.4) is 0 Å². The van der Waals surface area contributed by atoms with Crippen molar-refractivity contribution in [3.63, 3.8) is 0 Å². The van der Waals surface area contributed by atoms with E-state index in [-0.39, 0.29) is 0 Å². The van der Waals surface area contributed by atoms with Gasteiger partial charge in [0.15, 0.2) is 0 Å². The number of hydrogen-bond acceptors (Lipinski definition) is 2. The van der Waals surface area contributed by atoms with Crippen molar-refractivity contribution in [1.82, 2.24) is 4.98 Å². The fourth-order valence-electron chi connectivity index (χ4n) is 0.873. The van der Waals surface area contributed by atoms with Gasteiger partial charge in [0.05, 0.1) is 12.4 Å². The van der Waals surface area contributed by atoms with E-state index < -0.39 is 0 Å². The molecule has 1 rings (SSSR count). The highest BCUT2D eigenvalue weighted by molar-refractivity contribution is 5.50. The van der Waals surface area contributed by atoms with Gasteiger partial charge in [0, 0.05) is 19.3 Å². The van der Waals surface area contributed by atoms with Gasteiger partial charge in [-0.2, -0.15) is 0 Å². The molecule has 0 aliphatic rings. The SMILES string of the molecule is [CH2]C(=Cc1ccncc1)OCC. The summed E-state index contributed by atoms with van der Waals surface area (Å²) < 4.78 is 5.18. The lowest BCUT2D eigenvalue weighted by Crippen LogP contribution is -1.86. The maximum atomic E-state index is 5.18. The number of pyridine rings is 1. The third kappa shape index (κ3) is 2.74. The lowest BCUT2D eigenvalue weighted by Gasteiger charge is -2.01. The summed E-state index contributed by atoms with van der Waals surface area (Å²) in [4.78, 5) is 3.91. The van der Waals surface area contributed by atoms with Gasteiger partial charge in [-0.05, 0) is 30.7 Å². The molecule has 0 aliphatic carbocycles. The van der Waals surface area contributed by atoms with Gasteiger partial charge in [-0.15, -0.1) is 0 Å². The number of rotatable bonds is 3. The summed E-state index contributed by atoms with van der Waals surface area (Å²) in [7, 11) is 0. The fraction of sp³-hybridized carbons (Fsp3) is 0.200. The second-order valence-corrected chi connectivity index (χ2v) is 2.32. The van der Waals surface area contributed by atoms with Crippen LogP contribution in [0.1, 0.15) is 12.5 Å². The lowest BCUT2D eigenvalue weighted by molar-refractivity contribution is 0.245. The molecule has 0 N–H and O–H groups in total. The Labute approximate surface area is 72.9 Å². The van der Waals surface area contributed by atoms with E-state index in [9.17, 15) is 0 Å². The van der Waals surface area contributed by atoms with Crippen LogP contribution in [0.25, 0.3) is 6.08 Å². The maximum absolute atomic E-state index is 5.18.